The highest BCUT2D eigenvalue weighted by Gasteiger charge is 2.00. The smallest absolute Gasteiger partial charge is 0.240 e. The maximum absolute atomic E-state index is 11.5. The molecular weight excluding hydrogens is 224 g/mol. The van der Waals surface area contributed by atoms with Crippen LogP contribution in [0.5, 0.6) is 0 Å². The molecule has 0 fully saturated rings. The number of benzene rings is 1. The number of carbonyl (C=O) groups excluding carboxylic acids is 1. The largest absolute Gasteiger partial charge is 0.273 e. The van der Waals surface area contributed by atoms with Crippen LogP contribution in [0, 0.1) is 0 Å². The standard InChI is InChI=1S/C15H22N2O/c1-3-4-6-11-15(18)17-16-13(2)12-14-9-7-5-8-10-14/h5,7-10H,3-4,6,11-12H2,1-2H3,(H,17,18). The Balaban J connectivity index is 2.31. The van der Waals surface area contributed by atoms with E-state index >= 15 is 0 Å². The van der Waals surface area contributed by atoms with E-state index in [2.05, 4.69) is 29.6 Å². The van der Waals surface area contributed by atoms with Crippen molar-refractivity contribution in [2.75, 3.05) is 0 Å². The van der Waals surface area contributed by atoms with E-state index in [1.807, 2.05) is 25.1 Å². The first kappa shape index (κ1) is 14.4. The lowest BCUT2D eigenvalue weighted by Gasteiger charge is -2.03. The van der Waals surface area contributed by atoms with Gasteiger partial charge in [0.2, 0.25) is 5.91 Å². The zero-order chi connectivity index (χ0) is 13.2. The lowest BCUT2D eigenvalue weighted by atomic mass is 10.1. The summed E-state index contributed by atoms with van der Waals surface area (Å²) in [6.07, 6.45) is 4.51. The Bertz CT molecular complexity index is 385. The van der Waals surface area contributed by atoms with Crippen LogP contribution in [0.2, 0.25) is 0 Å². The van der Waals surface area contributed by atoms with Gasteiger partial charge in [0.1, 0.15) is 0 Å². The number of nitrogens with zero attached hydrogens (tertiary/aromatic N) is 1. The zero-order valence-electron chi connectivity index (χ0n) is 11.3. The highest BCUT2D eigenvalue weighted by atomic mass is 16.2. The zero-order valence-corrected chi connectivity index (χ0v) is 11.3. The molecule has 3 heteroatoms. The molecule has 0 atom stereocenters. The summed E-state index contributed by atoms with van der Waals surface area (Å²) in [6, 6.07) is 10.1. The molecule has 0 aromatic heterocycles. The van der Waals surface area contributed by atoms with Crippen molar-refractivity contribution in [3.05, 3.63) is 35.9 Å². The third-order valence-corrected chi connectivity index (χ3v) is 2.68. The molecule has 0 bridgehead atoms. The molecule has 0 saturated heterocycles. The molecular formula is C15H22N2O. The highest BCUT2D eigenvalue weighted by molar-refractivity contribution is 5.86. The third kappa shape index (κ3) is 6.18. The second-order valence-electron chi connectivity index (χ2n) is 4.50. The molecule has 0 radical (unpaired) electrons. The van der Waals surface area contributed by atoms with Crippen molar-refractivity contribution >= 4 is 11.6 Å². The van der Waals surface area contributed by atoms with Crippen LogP contribution in [0.4, 0.5) is 0 Å². The van der Waals surface area contributed by atoms with Crippen molar-refractivity contribution in [2.24, 2.45) is 5.10 Å². The Labute approximate surface area is 109 Å². The van der Waals surface area contributed by atoms with Crippen molar-refractivity contribution in [1.82, 2.24) is 5.43 Å². The van der Waals surface area contributed by atoms with Crippen LogP contribution >= 0.6 is 0 Å². The Kier molecular flexibility index (Phi) is 6.77. The van der Waals surface area contributed by atoms with Gasteiger partial charge in [0.15, 0.2) is 0 Å². The second-order valence-corrected chi connectivity index (χ2v) is 4.50. The van der Waals surface area contributed by atoms with Crippen LogP contribution in [0.3, 0.4) is 0 Å². The number of carbonyl (C=O) groups is 1. The van der Waals surface area contributed by atoms with Gasteiger partial charge >= 0.3 is 0 Å². The third-order valence-electron chi connectivity index (χ3n) is 2.68. The summed E-state index contributed by atoms with van der Waals surface area (Å²) in [4.78, 5) is 11.5. The molecule has 18 heavy (non-hydrogen) atoms. The molecule has 1 N–H and O–H groups in total. The first-order valence-corrected chi connectivity index (χ1v) is 6.58. The van der Waals surface area contributed by atoms with E-state index in [4.69, 9.17) is 0 Å². The van der Waals surface area contributed by atoms with E-state index in [-0.39, 0.29) is 5.91 Å². The Morgan fingerprint density at radius 2 is 1.94 bits per heavy atom. The fraction of sp³-hybridized carbons (Fsp3) is 0.467. The monoisotopic (exact) mass is 246 g/mol. The molecule has 0 unspecified atom stereocenters. The van der Waals surface area contributed by atoms with Crippen molar-refractivity contribution in [2.45, 2.75) is 46.0 Å². The summed E-state index contributed by atoms with van der Waals surface area (Å²) in [7, 11) is 0. The Morgan fingerprint density at radius 3 is 2.61 bits per heavy atom. The molecule has 1 amide bonds. The van der Waals surface area contributed by atoms with E-state index in [0.29, 0.717) is 6.42 Å². The minimum absolute atomic E-state index is 0.0101. The average molecular weight is 246 g/mol. The fourth-order valence-corrected chi connectivity index (χ4v) is 1.68. The van der Waals surface area contributed by atoms with Gasteiger partial charge in [0.25, 0.3) is 0 Å². The summed E-state index contributed by atoms with van der Waals surface area (Å²) in [5, 5.41) is 4.12. The molecule has 1 aromatic carbocycles. The number of nitrogens with one attached hydrogen (secondary N) is 1. The van der Waals surface area contributed by atoms with Crippen LogP contribution in [-0.4, -0.2) is 11.6 Å². The number of hydrazone groups is 1. The average Bonchev–Trinajstić information content (AvgIpc) is 2.38. The van der Waals surface area contributed by atoms with Crippen LogP contribution in [0.15, 0.2) is 35.4 Å². The number of unbranched alkanes of at least 4 members (excludes halogenated alkanes) is 2. The van der Waals surface area contributed by atoms with E-state index < -0.39 is 0 Å². The quantitative estimate of drug-likeness (QED) is 0.447. The first-order valence-electron chi connectivity index (χ1n) is 6.58. The van der Waals surface area contributed by atoms with Gasteiger partial charge in [-0.1, -0.05) is 50.1 Å². The molecule has 1 rings (SSSR count). The lowest BCUT2D eigenvalue weighted by Crippen LogP contribution is -2.19. The number of hydrogen-bond donors (Lipinski definition) is 1. The van der Waals surface area contributed by atoms with Gasteiger partial charge in [-0.05, 0) is 18.9 Å². The van der Waals surface area contributed by atoms with E-state index in [1.54, 1.807) is 0 Å². The Morgan fingerprint density at radius 1 is 1.22 bits per heavy atom. The molecule has 3 nitrogen and oxygen atoms in total. The maximum Gasteiger partial charge on any atom is 0.240 e. The number of rotatable bonds is 7. The van der Waals surface area contributed by atoms with Gasteiger partial charge in [-0.2, -0.15) is 5.10 Å². The molecule has 0 aliphatic heterocycles. The maximum atomic E-state index is 11.5. The summed E-state index contributed by atoms with van der Waals surface area (Å²) in [5.41, 5.74) is 4.74. The van der Waals surface area contributed by atoms with Crippen molar-refractivity contribution < 1.29 is 4.79 Å². The molecule has 0 aliphatic carbocycles. The van der Waals surface area contributed by atoms with Crippen molar-refractivity contribution in [3.63, 3.8) is 0 Å². The number of hydrogen-bond acceptors (Lipinski definition) is 2. The minimum Gasteiger partial charge on any atom is -0.273 e. The van der Waals surface area contributed by atoms with E-state index in [1.165, 1.54) is 5.56 Å². The van der Waals surface area contributed by atoms with Gasteiger partial charge in [0.05, 0.1) is 0 Å². The van der Waals surface area contributed by atoms with Gasteiger partial charge in [-0.3, -0.25) is 4.79 Å². The summed E-state index contributed by atoms with van der Waals surface area (Å²) >= 11 is 0. The van der Waals surface area contributed by atoms with Gasteiger partial charge < -0.3 is 0 Å². The fourth-order valence-electron chi connectivity index (χ4n) is 1.68. The van der Waals surface area contributed by atoms with Crippen molar-refractivity contribution in [1.29, 1.82) is 0 Å². The van der Waals surface area contributed by atoms with Gasteiger partial charge in [-0.25, -0.2) is 5.43 Å². The highest BCUT2D eigenvalue weighted by Crippen LogP contribution is 2.01. The van der Waals surface area contributed by atoms with Crippen LogP contribution in [-0.2, 0) is 11.2 Å². The first-order chi connectivity index (χ1) is 8.72. The van der Waals surface area contributed by atoms with Crippen LogP contribution in [0.1, 0.15) is 45.1 Å². The molecule has 0 heterocycles. The van der Waals surface area contributed by atoms with Crippen LogP contribution in [0.25, 0.3) is 0 Å². The summed E-state index contributed by atoms with van der Waals surface area (Å²) < 4.78 is 0. The predicted molar refractivity (Wildman–Crippen MR) is 75.5 cm³/mol. The minimum atomic E-state index is 0.0101. The lowest BCUT2D eigenvalue weighted by molar-refractivity contribution is -0.121. The van der Waals surface area contributed by atoms with E-state index in [0.717, 1.165) is 31.4 Å². The second kappa shape index (κ2) is 8.45. The summed E-state index contributed by atoms with van der Waals surface area (Å²) in [5.74, 6) is 0.0101. The van der Waals surface area contributed by atoms with Gasteiger partial charge in [0, 0.05) is 18.6 Å². The topological polar surface area (TPSA) is 41.5 Å². The SMILES string of the molecule is CCCCCC(=O)NN=C(C)Cc1ccccc1. The molecule has 0 saturated carbocycles. The van der Waals surface area contributed by atoms with Gasteiger partial charge in [-0.15, -0.1) is 0 Å². The predicted octanol–water partition coefficient (Wildman–Crippen LogP) is 3.30. The van der Waals surface area contributed by atoms with E-state index in [9.17, 15) is 4.79 Å². The molecule has 98 valence electrons. The summed E-state index contributed by atoms with van der Waals surface area (Å²) in [6.45, 7) is 4.05. The van der Waals surface area contributed by atoms with Crippen molar-refractivity contribution in [3.8, 4) is 0 Å². The van der Waals surface area contributed by atoms with Crippen LogP contribution < -0.4 is 5.43 Å². The number of amides is 1. The molecule has 0 aliphatic rings. The molecule has 1 aromatic rings. The normalized spacial score (nSPS) is 11.3. The Hall–Kier alpha value is -1.64. The molecule has 0 spiro atoms.